The maximum Gasteiger partial charge on any atom is 0.259 e. The summed E-state index contributed by atoms with van der Waals surface area (Å²) in [5, 5.41) is 2.99. The Morgan fingerprint density at radius 1 is 1.00 bits per heavy atom. The van der Waals surface area contributed by atoms with Gasteiger partial charge in [-0.3, -0.25) is 19.3 Å². The van der Waals surface area contributed by atoms with Gasteiger partial charge in [-0.25, -0.2) is 0 Å². The van der Waals surface area contributed by atoms with Gasteiger partial charge < -0.3 is 14.8 Å². The van der Waals surface area contributed by atoms with Crippen LogP contribution >= 0.6 is 0 Å². The molecule has 1 aromatic rings. The lowest BCUT2D eigenvalue weighted by Crippen LogP contribution is -2.40. The van der Waals surface area contributed by atoms with Crippen LogP contribution in [0, 0.1) is 5.92 Å². The fourth-order valence-corrected chi connectivity index (χ4v) is 5.35. The molecule has 176 valence electrons. The van der Waals surface area contributed by atoms with Crippen molar-refractivity contribution >= 4 is 11.8 Å². The average molecular weight is 443 g/mol. The molecule has 2 aliphatic carbocycles. The summed E-state index contributed by atoms with van der Waals surface area (Å²) in [6, 6.07) is 0.621. The first-order valence-electron chi connectivity index (χ1n) is 12.6. The SMILES string of the molecule is CCN(CC)C1CCN(C(=O)c2cn(C3CC3)cc(C(=O)NCC3CCCCC3)c2=O)C1. The van der Waals surface area contributed by atoms with E-state index in [4.69, 9.17) is 0 Å². The first-order chi connectivity index (χ1) is 15.5. The molecule has 7 heteroatoms. The van der Waals surface area contributed by atoms with Crippen molar-refractivity contribution in [3.8, 4) is 0 Å². The van der Waals surface area contributed by atoms with E-state index in [1.54, 1.807) is 17.3 Å². The molecule has 2 heterocycles. The lowest BCUT2D eigenvalue weighted by atomic mass is 9.89. The van der Waals surface area contributed by atoms with Gasteiger partial charge in [0.2, 0.25) is 5.43 Å². The fraction of sp³-hybridized carbons (Fsp3) is 0.720. The van der Waals surface area contributed by atoms with Crippen molar-refractivity contribution in [3.05, 3.63) is 33.7 Å². The maximum atomic E-state index is 13.4. The number of aromatic nitrogens is 1. The van der Waals surface area contributed by atoms with E-state index in [9.17, 15) is 14.4 Å². The minimum absolute atomic E-state index is 0.109. The van der Waals surface area contributed by atoms with Gasteiger partial charge in [-0.05, 0) is 51.1 Å². The van der Waals surface area contributed by atoms with Gasteiger partial charge in [0.05, 0.1) is 0 Å². The number of hydrogen-bond donors (Lipinski definition) is 1. The molecular weight excluding hydrogens is 404 g/mol. The molecular formula is C25H38N4O3. The van der Waals surface area contributed by atoms with E-state index in [1.807, 2.05) is 4.57 Å². The summed E-state index contributed by atoms with van der Waals surface area (Å²) in [5.41, 5.74) is -0.181. The summed E-state index contributed by atoms with van der Waals surface area (Å²) in [6.45, 7) is 8.08. The van der Waals surface area contributed by atoms with Crippen molar-refractivity contribution in [1.82, 2.24) is 19.7 Å². The first kappa shape index (κ1) is 23.0. The van der Waals surface area contributed by atoms with Crippen molar-refractivity contribution in [3.63, 3.8) is 0 Å². The Bertz CT molecular complexity index is 882. The molecule has 1 aromatic heterocycles. The van der Waals surface area contributed by atoms with Gasteiger partial charge in [0, 0.05) is 44.1 Å². The predicted molar refractivity (Wildman–Crippen MR) is 125 cm³/mol. The second kappa shape index (κ2) is 10.2. The maximum absolute atomic E-state index is 13.4. The second-order valence-corrected chi connectivity index (χ2v) is 9.72. The van der Waals surface area contributed by atoms with Crippen LogP contribution in [0.3, 0.4) is 0 Å². The molecule has 32 heavy (non-hydrogen) atoms. The van der Waals surface area contributed by atoms with Crippen LogP contribution < -0.4 is 10.7 Å². The quantitative estimate of drug-likeness (QED) is 0.672. The third-order valence-corrected chi connectivity index (χ3v) is 7.54. The van der Waals surface area contributed by atoms with Gasteiger partial charge >= 0.3 is 0 Å². The monoisotopic (exact) mass is 442 g/mol. The molecule has 1 unspecified atom stereocenters. The van der Waals surface area contributed by atoms with Gasteiger partial charge in [-0.1, -0.05) is 33.1 Å². The molecule has 3 fully saturated rings. The van der Waals surface area contributed by atoms with Gasteiger partial charge in [0.15, 0.2) is 0 Å². The minimum Gasteiger partial charge on any atom is -0.352 e. The Hall–Kier alpha value is -2.15. The number of pyridine rings is 1. The summed E-state index contributed by atoms with van der Waals surface area (Å²) in [5.74, 6) is -0.0853. The zero-order valence-corrected chi connectivity index (χ0v) is 19.6. The van der Waals surface area contributed by atoms with E-state index >= 15 is 0 Å². The highest BCUT2D eigenvalue weighted by Gasteiger charge is 2.33. The number of carbonyl (C=O) groups is 2. The van der Waals surface area contributed by atoms with E-state index in [1.165, 1.54) is 19.3 Å². The summed E-state index contributed by atoms with van der Waals surface area (Å²) in [4.78, 5) is 43.7. The first-order valence-corrected chi connectivity index (χ1v) is 12.6. The van der Waals surface area contributed by atoms with Crippen LogP contribution in [0.2, 0.25) is 0 Å². The van der Waals surface area contributed by atoms with Crippen LogP contribution in [0.5, 0.6) is 0 Å². The Morgan fingerprint density at radius 3 is 2.34 bits per heavy atom. The van der Waals surface area contributed by atoms with E-state index in [2.05, 4.69) is 24.1 Å². The zero-order valence-electron chi connectivity index (χ0n) is 19.6. The standard InChI is InChI=1S/C25H38N4O3/c1-3-27(4-2)20-12-13-28(15-20)25(32)22-17-29(19-10-11-19)16-21(23(22)30)24(31)26-14-18-8-6-5-7-9-18/h16-20H,3-15H2,1-2H3,(H,26,31). The molecule has 1 atom stereocenters. The van der Waals surface area contributed by atoms with Gasteiger partial charge in [-0.2, -0.15) is 0 Å². The van der Waals surface area contributed by atoms with Crippen molar-refractivity contribution in [2.45, 2.75) is 77.3 Å². The number of carbonyl (C=O) groups excluding carboxylic acids is 2. The summed E-state index contributed by atoms with van der Waals surface area (Å²) < 4.78 is 1.92. The molecule has 7 nitrogen and oxygen atoms in total. The number of hydrogen-bond acceptors (Lipinski definition) is 4. The predicted octanol–water partition coefficient (Wildman–Crippen LogP) is 3.05. The largest absolute Gasteiger partial charge is 0.352 e. The molecule has 0 radical (unpaired) electrons. The molecule has 0 bridgehead atoms. The van der Waals surface area contributed by atoms with E-state index in [0.29, 0.717) is 31.6 Å². The van der Waals surface area contributed by atoms with E-state index in [0.717, 1.165) is 45.2 Å². The number of amides is 2. The Labute approximate surface area is 191 Å². The molecule has 2 saturated carbocycles. The number of likely N-dealkylation sites (N-methyl/N-ethyl adjacent to an activating group) is 1. The van der Waals surface area contributed by atoms with Crippen molar-refractivity contribution in [2.75, 3.05) is 32.7 Å². The number of nitrogens with one attached hydrogen (secondary N) is 1. The third kappa shape index (κ3) is 5.08. The van der Waals surface area contributed by atoms with Crippen LogP contribution in [-0.4, -0.2) is 64.9 Å². The fourth-order valence-electron chi connectivity index (χ4n) is 5.35. The molecule has 1 N–H and O–H groups in total. The van der Waals surface area contributed by atoms with Crippen LogP contribution in [-0.2, 0) is 0 Å². The average Bonchev–Trinajstić information content (AvgIpc) is 3.56. The molecule has 3 aliphatic rings. The summed E-state index contributed by atoms with van der Waals surface area (Å²) >= 11 is 0. The van der Waals surface area contributed by atoms with E-state index in [-0.39, 0.29) is 29.0 Å². The van der Waals surface area contributed by atoms with Crippen LogP contribution in [0.25, 0.3) is 0 Å². The number of rotatable bonds is 8. The van der Waals surface area contributed by atoms with Gasteiger partial charge in [0.1, 0.15) is 11.1 Å². The topological polar surface area (TPSA) is 74.7 Å². The molecule has 0 aromatic carbocycles. The summed E-state index contributed by atoms with van der Waals surface area (Å²) in [7, 11) is 0. The smallest absolute Gasteiger partial charge is 0.259 e. The highest BCUT2D eigenvalue weighted by Crippen LogP contribution is 2.34. The van der Waals surface area contributed by atoms with Crippen molar-refractivity contribution in [1.29, 1.82) is 0 Å². The zero-order chi connectivity index (χ0) is 22.7. The molecule has 2 amide bonds. The van der Waals surface area contributed by atoms with Crippen molar-refractivity contribution in [2.24, 2.45) is 5.92 Å². The van der Waals surface area contributed by atoms with Crippen molar-refractivity contribution < 1.29 is 9.59 Å². The number of nitrogens with zero attached hydrogens (tertiary/aromatic N) is 3. The summed E-state index contributed by atoms with van der Waals surface area (Å²) in [6.07, 6.45) is 12.3. The molecule has 1 aliphatic heterocycles. The normalized spacial score (nSPS) is 21.8. The lowest BCUT2D eigenvalue weighted by Gasteiger charge is -2.26. The Morgan fingerprint density at radius 2 is 1.69 bits per heavy atom. The molecule has 0 spiro atoms. The van der Waals surface area contributed by atoms with Gasteiger partial charge in [-0.15, -0.1) is 0 Å². The molecule has 4 rings (SSSR count). The Balaban J connectivity index is 1.52. The number of likely N-dealkylation sites (tertiary alicyclic amines) is 1. The van der Waals surface area contributed by atoms with Crippen LogP contribution in [0.4, 0.5) is 0 Å². The third-order valence-electron chi connectivity index (χ3n) is 7.54. The lowest BCUT2D eigenvalue weighted by molar-refractivity contribution is 0.0775. The van der Waals surface area contributed by atoms with Crippen LogP contribution in [0.1, 0.15) is 92.0 Å². The highest BCUT2D eigenvalue weighted by atomic mass is 16.2. The second-order valence-electron chi connectivity index (χ2n) is 9.72. The van der Waals surface area contributed by atoms with Gasteiger partial charge in [0.25, 0.3) is 11.8 Å². The van der Waals surface area contributed by atoms with Crippen LogP contribution in [0.15, 0.2) is 17.2 Å². The highest BCUT2D eigenvalue weighted by molar-refractivity contribution is 5.99. The minimum atomic E-state index is -0.431. The molecule has 1 saturated heterocycles. The Kier molecular flexibility index (Phi) is 7.33. The van der Waals surface area contributed by atoms with E-state index < -0.39 is 5.43 Å².